The number of aromatic hydroxyl groups is 1. The summed E-state index contributed by atoms with van der Waals surface area (Å²) >= 11 is 0. The Bertz CT molecular complexity index is 966. The van der Waals surface area contributed by atoms with Crippen LogP contribution in [0.3, 0.4) is 0 Å². The average Bonchev–Trinajstić information content (AvgIpc) is 3.09. The van der Waals surface area contributed by atoms with Crippen molar-refractivity contribution in [2.75, 3.05) is 14.2 Å². The highest BCUT2D eigenvalue weighted by molar-refractivity contribution is 6.07. The van der Waals surface area contributed by atoms with E-state index in [2.05, 4.69) is 5.10 Å². The number of para-hydroxylation sites is 1. The molecular formula is C21H20N2O4. The van der Waals surface area contributed by atoms with Crippen molar-refractivity contribution >= 4 is 11.9 Å². The van der Waals surface area contributed by atoms with Crippen LogP contribution in [0.5, 0.6) is 17.2 Å². The molecule has 1 heterocycles. The standard InChI is InChI=1S/C21H20N2O4/c1-14-17(13-22-23(14)16-7-5-4-6-8-16)18(24)10-9-15-11-19(26-2)21(25)20(12-15)27-3/h4-13,25H,1-3H3/b10-9+. The van der Waals surface area contributed by atoms with Gasteiger partial charge in [-0.15, -0.1) is 0 Å². The number of ether oxygens (including phenoxy) is 2. The van der Waals surface area contributed by atoms with E-state index in [1.54, 1.807) is 29.1 Å². The Hall–Kier alpha value is -3.54. The SMILES string of the molecule is COc1cc(/C=C/C(=O)c2cnn(-c3ccccc3)c2C)cc(OC)c1O. The van der Waals surface area contributed by atoms with Crippen molar-refractivity contribution in [2.45, 2.75) is 6.92 Å². The molecule has 0 aliphatic rings. The number of aromatic nitrogens is 2. The molecule has 2 aromatic carbocycles. The molecule has 0 radical (unpaired) electrons. The van der Waals surface area contributed by atoms with Crippen LogP contribution in [0.4, 0.5) is 0 Å². The number of carbonyl (C=O) groups is 1. The largest absolute Gasteiger partial charge is 0.502 e. The van der Waals surface area contributed by atoms with Crippen molar-refractivity contribution in [3.8, 4) is 22.9 Å². The summed E-state index contributed by atoms with van der Waals surface area (Å²) in [5.41, 5.74) is 2.85. The number of ketones is 1. The lowest BCUT2D eigenvalue weighted by molar-refractivity contribution is 0.104. The number of benzene rings is 2. The number of hydrogen-bond donors (Lipinski definition) is 1. The maximum absolute atomic E-state index is 12.6. The van der Waals surface area contributed by atoms with E-state index in [0.717, 1.165) is 11.4 Å². The predicted octanol–water partition coefficient (Wildman–Crippen LogP) is 3.80. The highest BCUT2D eigenvalue weighted by atomic mass is 16.5. The molecule has 3 aromatic rings. The lowest BCUT2D eigenvalue weighted by atomic mass is 10.1. The number of phenolic OH excluding ortho intramolecular Hbond substituents is 1. The van der Waals surface area contributed by atoms with E-state index < -0.39 is 0 Å². The second kappa shape index (κ2) is 7.78. The first-order valence-electron chi connectivity index (χ1n) is 8.32. The van der Waals surface area contributed by atoms with Gasteiger partial charge in [0.25, 0.3) is 0 Å². The fourth-order valence-electron chi connectivity index (χ4n) is 2.75. The molecule has 0 spiro atoms. The van der Waals surface area contributed by atoms with Crippen molar-refractivity contribution < 1.29 is 19.4 Å². The Morgan fingerprint density at radius 2 is 1.74 bits per heavy atom. The Morgan fingerprint density at radius 3 is 2.33 bits per heavy atom. The summed E-state index contributed by atoms with van der Waals surface area (Å²) in [5.74, 6) is 0.299. The maximum atomic E-state index is 12.6. The topological polar surface area (TPSA) is 73.6 Å². The third kappa shape index (κ3) is 3.69. The number of methoxy groups -OCH3 is 2. The molecule has 0 saturated carbocycles. The predicted molar refractivity (Wildman–Crippen MR) is 103 cm³/mol. The van der Waals surface area contributed by atoms with E-state index in [0.29, 0.717) is 11.1 Å². The van der Waals surface area contributed by atoms with Gasteiger partial charge >= 0.3 is 0 Å². The zero-order chi connectivity index (χ0) is 19.4. The van der Waals surface area contributed by atoms with Gasteiger partial charge in [0.1, 0.15) is 0 Å². The van der Waals surface area contributed by atoms with Crippen molar-refractivity contribution in [1.82, 2.24) is 9.78 Å². The van der Waals surface area contributed by atoms with Crippen LogP contribution in [-0.2, 0) is 0 Å². The first-order valence-corrected chi connectivity index (χ1v) is 8.32. The Balaban J connectivity index is 1.87. The van der Waals surface area contributed by atoms with Crippen LogP contribution >= 0.6 is 0 Å². The number of allylic oxidation sites excluding steroid dienone is 1. The van der Waals surface area contributed by atoms with Crippen LogP contribution in [-0.4, -0.2) is 34.9 Å². The van der Waals surface area contributed by atoms with Gasteiger partial charge in [0.05, 0.1) is 37.4 Å². The minimum absolute atomic E-state index is 0.0801. The highest BCUT2D eigenvalue weighted by Crippen LogP contribution is 2.37. The molecule has 0 atom stereocenters. The first kappa shape index (κ1) is 18.3. The molecule has 1 N–H and O–H groups in total. The molecule has 1 aromatic heterocycles. The minimum atomic E-state index is -0.166. The van der Waals surface area contributed by atoms with E-state index in [9.17, 15) is 9.90 Å². The van der Waals surface area contributed by atoms with Crippen LogP contribution in [0.25, 0.3) is 11.8 Å². The second-order valence-electron chi connectivity index (χ2n) is 5.86. The van der Waals surface area contributed by atoms with Crippen LogP contribution in [0, 0.1) is 6.92 Å². The maximum Gasteiger partial charge on any atom is 0.200 e. The second-order valence-corrected chi connectivity index (χ2v) is 5.86. The molecule has 0 aliphatic carbocycles. The summed E-state index contributed by atoms with van der Waals surface area (Å²) in [4.78, 5) is 12.6. The number of rotatable bonds is 6. The van der Waals surface area contributed by atoms with Gasteiger partial charge in [-0.3, -0.25) is 4.79 Å². The summed E-state index contributed by atoms with van der Waals surface area (Å²) in [6.45, 7) is 1.85. The van der Waals surface area contributed by atoms with Crippen LogP contribution in [0.15, 0.2) is 54.7 Å². The Kier molecular flexibility index (Phi) is 5.26. The normalized spacial score (nSPS) is 10.9. The summed E-state index contributed by atoms with van der Waals surface area (Å²) in [6.07, 6.45) is 4.67. The highest BCUT2D eigenvalue weighted by Gasteiger charge is 2.14. The van der Waals surface area contributed by atoms with Gasteiger partial charge in [-0.05, 0) is 42.8 Å². The fraction of sp³-hybridized carbons (Fsp3) is 0.143. The fourth-order valence-corrected chi connectivity index (χ4v) is 2.75. The van der Waals surface area contributed by atoms with Gasteiger partial charge in [-0.25, -0.2) is 4.68 Å². The number of hydrogen-bond acceptors (Lipinski definition) is 5. The summed E-state index contributed by atoms with van der Waals surface area (Å²) in [6, 6.07) is 12.9. The summed E-state index contributed by atoms with van der Waals surface area (Å²) < 4.78 is 12.0. The van der Waals surface area contributed by atoms with E-state index >= 15 is 0 Å². The van der Waals surface area contributed by atoms with Crippen molar-refractivity contribution in [3.05, 3.63) is 71.6 Å². The molecule has 0 aliphatic heterocycles. The molecule has 3 rings (SSSR count). The van der Waals surface area contributed by atoms with Gasteiger partial charge < -0.3 is 14.6 Å². The molecule has 0 unspecified atom stereocenters. The smallest absolute Gasteiger partial charge is 0.200 e. The lowest BCUT2D eigenvalue weighted by Gasteiger charge is -2.09. The summed E-state index contributed by atoms with van der Waals surface area (Å²) in [7, 11) is 2.91. The monoisotopic (exact) mass is 364 g/mol. The molecular weight excluding hydrogens is 344 g/mol. The molecule has 6 nitrogen and oxygen atoms in total. The third-order valence-corrected chi connectivity index (χ3v) is 4.21. The van der Waals surface area contributed by atoms with E-state index in [4.69, 9.17) is 9.47 Å². The van der Waals surface area contributed by atoms with Gasteiger partial charge in [0.2, 0.25) is 5.75 Å². The zero-order valence-electron chi connectivity index (χ0n) is 15.3. The average molecular weight is 364 g/mol. The number of nitrogens with zero attached hydrogens (tertiary/aromatic N) is 2. The Labute approximate surface area is 157 Å². The molecule has 0 saturated heterocycles. The van der Waals surface area contributed by atoms with Crippen molar-refractivity contribution in [3.63, 3.8) is 0 Å². The van der Waals surface area contributed by atoms with E-state index in [-0.39, 0.29) is 23.0 Å². The van der Waals surface area contributed by atoms with Gasteiger partial charge in [0.15, 0.2) is 17.3 Å². The molecule has 6 heteroatoms. The van der Waals surface area contributed by atoms with Crippen LogP contribution in [0.1, 0.15) is 21.6 Å². The van der Waals surface area contributed by atoms with Gasteiger partial charge in [-0.2, -0.15) is 5.10 Å². The summed E-state index contributed by atoms with van der Waals surface area (Å²) in [5, 5.41) is 14.3. The first-order chi connectivity index (χ1) is 13.0. The molecule has 138 valence electrons. The molecule has 0 amide bonds. The third-order valence-electron chi connectivity index (χ3n) is 4.21. The van der Waals surface area contributed by atoms with Crippen LogP contribution < -0.4 is 9.47 Å². The van der Waals surface area contributed by atoms with Crippen molar-refractivity contribution in [2.24, 2.45) is 0 Å². The quantitative estimate of drug-likeness (QED) is 0.532. The lowest BCUT2D eigenvalue weighted by Crippen LogP contribution is -2.01. The van der Waals surface area contributed by atoms with E-state index in [1.165, 1.54) is 20.3 Å². The van der Waals surface area contributed by atoms with Gasteiger partial charge in [0, 0.05) is 0 Å². The Morgan fingerprint density at radius 1 is 1.11 bits per heavy atom. The minimum Gasteiger partial charge on any atom is -0.502 e. The zero-order valence-corrected chi connectivity index (χ0v) is 15.3. The van der Waals surface area contributed by atoms with Crippen LogP contribution in [0.2, 0.25) is 0 Å². The van der Waals surface area contributed by atoms with Crippen molar-refractivity contribution in [1.29, 1.82) is 0 Å². The molecule has 0 bridgehead atoms. The number of carbonyl (C=O) groups excluding carboxylic acids is 1. The number of phenols is 1. The van der Waals surface area contributed by atoms with Gasteiger partial charge in [-0.1, -0.05) is 24.3 Å². The molecule has 0 fully saturated rings. The van der Waals surface area contributed by atoms with E-state index in [1.807, 2.05) is 37.3 Å². The molecule has 27 heavy (non-hydrogen) atoms.